The number of rotatable bonds is 5. The van der Waals surface area contributed by atoms with E-state index in [4.69, 9.17) is 0 Å². The maximum Gasteiger partial charge on any atom is 0.0423 e. The highest BCUT2D eigenvalue weighted by Crippen LogP contribution is 2.27. The number of nitrogens with one attached hydrogen (secondary N) is 1. The van der Waals surface area contributed by atoms with Gasteiger partial charge in [0, 0.05) is 28.8 Å². The molecule has 1 atom stereocenters. The quantitative estimate of drug-likeness (QED) is 0.877. The van der Waals surface area contributed by atoms with Gasteiger partial charge < -0.3 is 5.32 Å². The van der Waals surface area contributed by atoms with Crippen molar-refractivity contribution >= 4 is 15.9 Å². The summed E-state index contributed by atoms with van der Waals surface area (Å²) in [5, 5.41) is 3.60. The van der Waals surface area contributed by atoms with Gasteiger partial charge in [-0.2, -0.15) is 0 Å². The fourth-order valence-corrected chi connectivity index (χ4v) is 3.33. The molecule has 110 valence electrons. The van der Waals surface area contributed by atoms with Crippen molar-refractivity contribution in [1.82, 2.24) is 10.3 Å². The molecular formula is C18H21BrN2. The number of pyridine rings is 1. The van der Waals surface area contributed by atoms with Crippen molar-refractivity contribution in [1.29, 1.82) is 0 Å². The molecule has 2 nitrogen and oxygen atoms in total. The molecule has 1 aromatic carbocycles. The van der Waals surface area contributed by atoms with Gasteiger partial charge in [-0.05, 0) is 70.6 Å². The zero-order valence-electron chi connectivity index (χ0n) is 12.4. The molecule has 0 amide bonds. The van der Waals surface area contributed by atoms with Crippen LogP contribution in [0.1, 0.15) is 41.8 Å². The van der Waals surface area contributed by atoms with E-state index >= 15 is 0 Å². The van der Waals surface area contributed by atoms with Gasteiger partial charge in [0.25, 0.3) is 0 Å². The summed E-state index contributed by atoms with van der Waals surface area (Å²) >= 11 is 3.44. The van der Waals surface area contributed by atoms with Crippen LogP contribution in [-0.4, -0.2) is 11.5 Å². The molecule has 1 aromatic heterocycles. The van der Waals surface area contributed by atoms with Crippen LogP contribution < -0.4 is 5.32 Å². The summed E-state index contributed by atoms with van der Waals surface area (Å²) in [5.41, 5.74) is 5.60. The van der Waals surface area contributed by atoms with Crippen molar-refractivity contribution in [2.24, 2.45) is 0 Å². The van der Waals surface area contributed by atoms with E-state index in [0.717, 1.165) is 23.1 Å². The van der Waals surface area contributed by atoms with Gasteiger partial charge in [-0.1, -0.05) is 25.1 Å². The molecule has 1 unspecified atom stereocenters. The third-order valence-electron chi connectivity index (χ3n) is 4.18. The average molecular weight is 345 g/mol. The minimum absolute atomic E-state index is 0.342. The van der Waals surface area contributed by atoms with Crippen LogP contribution in [-0.2, 0) is 19.3 Å². The van der Waals surface area contributed by atoms with Crippen LogP contribution >= 0.6 is 15.9 Å². The van der Waals surface area contributed by atoms with E-state index in [-0.39, 0.29) is 0 Å². The molecule has 0 saturated heterocycles. The van der Waals surface area contributed by atoms with Crippen molar-refractivity contribution < 1.29 is 0 Å². The van der Waals surface area contributed by atoms with E-state index in [9.17, 15) is 0 Å². The number of likely N-dealkylation sites (N-methyl/N-ethyl adjacent to an activating group) is 1. The molecule has 1 aliphatic rings. The summed E-state index contributed by atoms with van der Waals surface area (Å²) in [4.78, 5) is 4.51. The van der Waals surface area contributed by atoms with Crippen molar-refractivity contribution in [3.05, 3.63) is 63.4 Å². The van der Waals surface area contributed by atoms with Crippen molar-refractivity contribution in [3.8, 4) is 0 Å². The number of aryl methyl sites for hydroxylation is 2. The molecule has 0 fully saturated rings. The lowest BCUT2D eigenvalue weighted by molar-refractivity contribution is 0.543. The highest BCUT2D eigenvalue weighted by Gasteiger charge is 2.16. The van der Waals surface area contributed by atoms with Gasteiger partial charge in [0.05, 0.1) is 0 Å². The highest BCUT2D eigenvalue weighted by atomic mass is 79.9. The highest BCUT2D eigenvalue weighted by molar-refractivity contribution is 9.10. The monoisotopic (exact) mass is 344 g/mol. The molecule has 0 aliphatic heterocycles. The Kier molecular flexibility index (Phi) is 4.71. The Balaban J connectivity index is 1.82. The Morgan fingerprint density at radius 2 is 2.05 bits per heavy atom. The second kappa shape index (κ2) is 6.71. The summed E-state index contributed by atoms with van der Waals surface area (Å²) in [7, 11) is 0. The molecule has 3 heteroatoms. The Bertz CT molecular complexity index is 607. The summed E-state index contributed by atoms with van der Waals surface area (Å²) < 4.78 is 1.03. The Morgan fingerprint density at radius 3 is 2.81 bits per heavy atom. The van der Waals surface area contributed by atoms with Crippen molar-refractivity contribution in [2.45, 2.75) is 38.6 Å². The molecule has 0 saturated carbocycles. The maximum absolute atomic E-state index is 4.51. The molecule has 3 rings (SSSR count). The molecule has 2 aromatic rings. The van der Waals surface area contributed by atoms with E-state index in [2.05, 4.69) is 63.5 Å². The number of benzene rings is 1. The van der Waals surface area contributed by atoms with Crippen LogP contribution in [0.2, 0.25) is 0 Å². The van der Waals surface area contributed by atoms with Gasteiger partial charge in [-0.15, -0.1) is 0 Å². The van der Waals surface area contributed by atoms with Gasteiger partial charge in [0.2, 0.25) is 0 Å². The predicted octanol–water partition coefficient (Wildman–Crippen LogP) is 4.23. The first-order valence-corrected chi connectivity index (χ1v) is 8.51. The topological polar surface area (TPSA) is 24.9 Å². The average Bonchev–Trinajstić information content (AvgIpc) is 2.96. The second-order valence-corrected chi connectivity index (χ2v) is 6.58. The molecule has 1 N–H and O–H groups in total. The molecule has 0 radical (unpaired) electrons. The third-order valence-corrected chi connectivity index (χ3v) is 4.65. The Hall–Kier alpha value is -1.19. The van der Waals surface area contributed by atoms with Crippen LogP contribution in [0, 0.1) is 0 Å². The van der Waals surface area contributed by atoms with Crippen LogP contribution in [0.4, 0.5) is 0 Å². The van der Waals surface area contributed by atoms with E-state index in [1.165, 1.54) is 30.4 Å². The smallest absolute Gasteiger partial charge is 0.0423 e. The lowest BCUT2D eigenvalue weighted by Gasteiger charge is -2.19. The molecular weight excluding hydrogens is 324 g/mol. The fraction of sp³-hybridized carbons (Fsp3) is 0.389. The summed E-state index contributed by atoms with van der Waals surface area (Å²) in [6.07, 6.45) is 6.59. The van der Waals surface area contributed by atoms with Crippen molar-refractivity contribution in [2.75, 3.05) is 6.54 Å². The molecule has 1 heterocycles. The third kappa shape index (κ3) is 3.53. The lowest BCUT2D eigenvalue weighted by Crippen LogP contribution is -2.23. The first kappa shape index (κ1) is 14.7. The van der Waals surface area contributed by atoms with Gasteiger partial charge in [0.1, 0.15) is 0 Å². The predicted molar refractivity (Wildman–Crippen MR) is 90.5 cm³/mol. The molecule has 21 heavy (non-hydrogen) atoms. The zero-order chi connectivity index (χ0) is 14.7. The van der Waals surface area contributed by atoms with Crippen LogP contribution in [0.15, 0.2) is 41.0 Å². The summed E-state index contributed by atoms with van der Waals surface area (Å²) in [5.74, 6) is 0. The van der Waals surface area contributed by atoms with Gasteiger partial charge in [-0.25, -0.2) is 0 Å². The summed E-state index contributed by atoms with van der Waals surface area (Å²) in [6.45, 7) is 3.13. The standard InChI is InChI=1S/C18H21BrN2/c1-2-20-18(11-17-9-8-16(19)12-21-17)15-7-6-13-4-3-5-14(13)10-15/h6-10,12,18,20H,2-5,11H2,1H3. The van der Waals surface area contributed by atoms with E-state index < -0.39 is 0 Å². The maximum atomic E-state index is 4.51. The van der Waals surface area contributed by atoms with Crippen molar-refractivity contribution in [3.63, 3.8) is 0 Å². The molecule has 0 spiro atoms. The largest absolute Gasteiger partial charge is 0.310 e. The number of nitrogens with zero attached hydrogens (tertiary/aromatic N) is 1. The number of aromatic nitrogens is 1. The van der Waals surface area contributed by atoms with Gasteiger partial charge in [-0.3, -0.25) is 4.98 Å². The normalized spacial score (nSPS) is 15.0. The number of hydrogen-bond acceptors (Lipinski definition) is 2. The van der Waals surface area contributed by atoms with Gasteiger partial charge >= 0.3 is 0 Å². The van der Waals surface area contributed by atoms with E-state index in [1.807, 2.05) is 6.20 Å². The van der Waals surface area contributed by atoms with Gasteiger partial charge in [0.15, 0.2) is 0 Å². The number of hydrogen-bond donors (Lipinski definition) is 1. The lowest BCUT2D eigenvalue weighted by atomic mass is 9.97. The van der Waals surface area contributed by atoms with Crippen LogP contribution in [0.3, 0.4) is 0 Å². The Morgan fingerprint density at radius 1 is 1.19 bits per heavy atom. The minimum Gasteiger partial charge on any atom is -0.310 e. The molecule has 1 aliphatic carbocycles. The fourth-order valence-electron chi connectivity index (χ4n) is 3.10. The zero-order valence-corrected chi connectivity index (χ0v) is 14.0. The van der Waals surface area contributed by atoms with Crippen LogP contribution in [0.25, 0.3) is 0 Å². The molecule has 0 bridgehead atoms. The Labute approximate surface area is 135 Å². The second-order valence-electron chi connectivity index (χ2n) is 5.66. The SMILES string of the molecule is CCNC(Cc1ccc(Br)cn1)c1ccc2c(c1)CCC2. The van der Waals surface area contributed by atoms with Crippen LogP contribution in [0.5, 0.6) is 0 Å². The first-order valence-electron chi connectivity index (χ1n) is 7.72. The van der Waals surface area contributed by atoms with E-state index in [0.29, 0.717) is 6.04 Å². The number of halogens is 1. The van der Waals surface area contributed by atoms with E-state index in [1.54, 1.807) is 5.56 Å². The first-order chi connectivity index (χ1) is 10.3. The number of fused-ring (bicyclic) bond motifs is 1. The minimum atomic E-state index is 0.342. The summed E-state index contributed by atoms with van der Waals surface area (Å²) in [6, 6.07) is 11.5.